The molecule has 8 heteroatoms. The highest BCUT2D eigenvalue weighted by Gasteiger charge is 2.13. The normalized spacial score (nSPS) is 11.1. The molecule has 1 amide bonds. The molecule has 0 fully saturated rings. The molecule has 30 heavy (non-hydrogen) atoms. The fourth-order valence-corrected chi connectivity index (χ4v) is 3.37. The average molecular weight is 405 g/mol. The Balaban J connectivity index is 1.56. The lowest BCUT2D eigenvalue weighted by Crippen LogP contribution is -2.12. The van der Waals surface area contributed by atoms with Gasteiger partial charge in [0.15, 0.2) is 11.6 Å². The van der Waals surface area contributed by atoms with Crippen LogP contribution < -0.4 is 5.32 Å². The molecule has 0 saturated carbocycles. The quantitative estimate of drug-likeness (QED) is 0.468. The second kappa shape index (κ2) is 8.89. The number of ether oxygens (including phenoxy) is 2. The second-order valence-corrected chi connectivity index (χ2v) is 6.81. The van der Waals surface area contributed by atoms with Crippen molar-refractivity contribution in [1.82, 2.24) is 19.7 Å². The minimum Gasteiger partial charge on any atom is -0.383 e. The highest BCUT2D eigenvalue weighted by molar-refractivity contribution is 6.12. The van der Waals surface area contributed by atoms with Crippen LogP contribution in [0.5, 0.6) is 0 Å². The number of benzene rings is 2. The number of hydrogen-bond donors (Lipinski definition) is 2. The van der Waals surface area contributed by atoms with Gasteiger partial charge in [0.1, 0.15) is 6.61 Å². The third-order valence-electron chi connectivity index (χ3n) is 4.79. The zero-order valence-electron chi connectivity index (χ0n) is 16.9. The summed E-state index contributed by atoms with van der Waals surface area (Å²) >= 11 is 0. The first-order valence-electron chi connectivity index (χ1n) is 9.58. The Morgan fingerprint density at radius 1 is 1.13 bits per heavy atom. The van der Waals surface area contributed by atoms with Crippen LogP contribution in [0.25, 0.3) is 22.3 Å². The van der Waals surface area contributed by atoms with Gasteiger partial charge in [-0.05, 0) is 30.3 Å². The van der Waals surface area contributed by atoms with Gasteiger partial charge in [0.25, 0.3) is 5.91 Å². The van der Waals surface area contributed by atoms with E-state index in [1.165, 1.54) is 0 Å². The molecule has 0 bridgehead atoms. The van der Waals surface area contributed by atoms with E-state index in [1.54, 1.807) is 14.2 Å². The fourth-order valence-electron chi connectivity index (χ4n) is 3.37. The van der Waals surface area contributed by atoms with Crippen LogP contribution >= 0.6 is 0 Å². The van der Waals surface area contributed by atoms with Crippen molar-refractivity contribution in [2.75, 3.05) is 26.1 Å². The van der Waals surface area contributed by atoms with E-state index in [-0.39, 0.29) is 5.91 Å². The standard InChI is InChI=1S/C22H23N5O3/c1-29-12-11-27-10-9-17-18(7-4-8-19(17)27)22(28)23-16-6-3-5-15(13-16)21-24-20(14-30-2)25-26-21/h3-10,13H,11-12,14H2,1-2H3,(H,23,28)(H,24,25,26). The highest BCUT2D eigenvalue weighted by atomic mass is 16.5. The molecule has 2 N–H and O–H groups in total. The van der Waals surface area contributed by atoms with Crippen LogP contribution in [0.15, 0.2) is 54.7 Å². The lowest BCUT2D eigenvalue weighted by atomic mass is 10.1. The van der Waals surface area contributed by atoms with Crippen LogP contribution in [0.4, 0.5) is 5.69 Å². The summed E-state index contributed by atoms with van der Waals surface area (Å²) in [5, 5.41) is 10.9. The van der Waals surface area contributed by atoms with Crippen molar-refractivity contribution in [2.24, 2.45) is 0 Å². The molecule has 2 heterocycles. The molecule has 8 nitrogen and oxygen atoms in total. The Hall–Kier alpha value is -3.49. The fraction of sp³-hybridized carbons (Fsp3) is 0.227. The maximum absolute atomic E-state index is 13.0. The van der Waals surface area contributed by atoms with Crippen LogP contribution in [0.1, 0.15) is 16.2 Å². The first-order chi connectivity index (χ1) is 14.7. The van der Waals surface area contributed by atoms with Crippen molar-refractivity contribution in [3.05, 3.63) is 66.1 Å². The number of hydrogen-bond acceptors (Lipinski definition) is 5. The van der Waals surface area contributed by atoms with Crippen LogP contribution in [0.2, 0.25) is 0 Å². The van der Waals surface area contributed by atoms with E-state index >= 15 is 0 Å². The van der Waals surface area contributed by atoms with E-state index in [0.29, 0.717) is 36.1 Å². The van der Waals surface area contributed by atoms with Gasteiger partial charge in [-0.25, -0.2) is 4.98 Å². The van der Waals surface area contributed by atoms with Gasteiger partial charge in [0.05, 0.1) is 6.61 Å². The number of carbonyl (C=O) groups is 1. The van der Waals surface area contributed by atoms with Gasteiger partial charge in [-0.3, -0.25) is 9.89 Å². The number of aromatic amines is 1. The van der Waals surface area contributed by atoms with Gasteiger partial charge in [-0.15, -0.1) is 0 Å². The zero-order chi connectivity index (χ0) is 20.9. The van der Waals surface area contributed by atoms with Gasteiger partial charge in [0, 0.05) is 54.7 Å². The average Bonchev–Trinajstić information content (AvgIpc) is 3.40. The number of fused-ring (bicyclic) bond motifs is 1. The number of carbonyl (C=O) groups excluding carboxylic acids is 1. The minimum atomic E-state index is -0.169. The van der Waals surface area contributed by atoms with Crippen molar-refractivity contribution in [1.29, 1.82) is 0 Å². The first-order valence-corrected chi connectivity index (χ1v) is 9.58. The maximum atomic E-state index is 13.0. The summed E-state index contributed by atoms with van der Waals surface area (Å²) in [7, 11) is 3.28. The molecular weight excluding hydrogens is 382 g/mol. The van der Waals surface area contributed by atoms with E-state index in [2.05, 4.69) is 25.1 Å². The summed E-state index contributed by atoms with van der Waals surface area (Å²) in [6.07, 6.45) is 1.97. The molecule has 154 valence electrons. The topological polar surface area (TPSA) is 94.1 Å². The van der Waals surface area contributed by atoms with Crippen molar-refractivity contribution in [3.63, 3.8) is 0 Å². The Bertz CT molecular complexity index is 1160. The number of nitrogens with one attached hydrogen (secondary N) is 2. The zero-order valence-corrected chi connectivity index (χ0v) is 16.9. The number of H-pyrrole nitrogens is 1. The molecule has 0 aliphatic rings. The molecule has 4 aromatic rings. The van der Waals surface area contributed by atoms with E-state index in [1.807, 2.05) is 54.7 Å². The molecule has 0 atom stereocenters. The van der Waals surface area contributed by atoms with E-state index in [9.17, 15) is 4.79 Å². The number of aromatic nitrogens is 4. The Morgan fingerprint density at radius 3 is 2.83 bits per heavy atom. The summed E-state index contributed by atoms with van der Waals surface area (Å²) in [5.74, 6) is 1.03. The van der Waals surface area contributed by atoms with Crippen LogP contribution in [-0.4, -0.2) is 46.5 Å². The number of nitrogens with zero attached hydrogens (tertiary/aromatic N) is 3. The van der Waals surface area contributed by atoms with Crippen molar-refractivity contribution >= 4 is 22.5 Å². The summed E-state index contributed by atoms with van der Waals surface area (Å²) in [6, 6.07) is 15.1. The Morgan fingerprint density at radius 2 is 2.00 bits per heavy atom. The van der Waals surface area contributed by atoms with Gasteiger partial charge in [0.2, 0.25) is 0 Å². The minimum absolute atomic E-state index is 0.169. The molecule has 0 aliphatic heterocycles. The van der Waals surface area contributed by atoms with Gasteiger partial charge >= 0.3 is 0 Å². The third-order valence-corrected chi connectivity index (χ3v) is 4.79. The molecule has 0 radical (unpaired) electrons. The Kier molecular flexibility index (Phi) is 5.87. The molecule has 4 rings (SSSR count). The predicted octanol–water partition coefficient (Wildman–Crippen LogP) is 3.47. The largest absolute Gasteiger partial charge is 0.383 e. The second-order valence-electron chi connectivity index (χ2n) is 6.81. The molecule has 0 aliphatic carbocycles. The van der Waals surface area contributed by atoms with E-state index in [4.69, 9.17) is 9.47 Å². The van der Waals surface area contributed by atoms with Crippen molar-refractivity contribution in [3.8, 4) is 11.4 Å². The number of amides is 1. The molecule has 2 aromatic carbocycles. The molecule has 0 spiro atoms. The smallest absolute Gasteiger partial charge is 0.256 e. The highest BCUT2D eigenvalue weighted by Crippen LogP contribution is 2.23. The lowest BCUT2D eigenvalue weighted by Gasteiger charge is -2.09. The monoisotopic (exact) mass is 405 g/mol. The number of methoxy groups -OCH3 is 2. The van der Waals surface area contributed by atoms with E-state index in [0.717, 1.165) is 23.0 Å². The molecular formula is C22H23N5O3. The van der Waals surface area contributed by atoms with Gasteiger partial charge in [-0.2, -0.15) is 5.10 Å². The van der Waals surface area contributed by atoms with Crippen LogP contribution in [0, 0.1) is 0 Å². The SMILES string of the molecule is COCCn1ccc2c(C(=O)Nc3cccc(-c4n[nH]c(COC)n4)c3)cccc21. The molecule has 0 saturated heterocycles. The van der Waals surface area contributed by atoms with Crippen molar-refractivity contribution < 1.29 is 14.3 Å². The van der Waals surface area contributed by atoms with Crippen LogP contribution in [-0.2, 0) is 22.6 Å². The summed E-state index contributed by atoms with van der Waals surface area (Å²) in [4.78, 5) is 17.4. The van der Waals surface area contributed by atoms with Crippen LogP contribution in [0.3, 0.4) is 0 Å². The lowest BCUT2D eigenvalue weighted by molar-refractivity contribution is 0.102. The predicted molar refractivity (Wildman–Crippen MR) is 114 cm³/mol. The third kappa shape index (κ3) is 4.10. The van der Waals surface area contributed by atoms with E-state index < -0.39 is 0 Å². The maximum Gasteiger partial charge on any atom is 0.256 e. The summed E-state index contributed by atoms with van der Waals surface area (Å²) in [5.41, 5.74) is 3.09. The van der Waals surface area contributed by atoms with Gasteiger partial charge in [-0.1, -0.05) is 18.2 Å². The number of rotatable bonds is 8. The van der Waals surface area contributed by atoms with Crippen molar-refractivity contribution in [2.45, 2.75) is 13.2 Å². The Labute approximate surface area is 173 Å². The summed E-state index contributed by atoms with van der Waals surface area (Å²) in [6.45, 7) is 1.70. The molecule has 0 unspecified atom stereocenters. The number of anilines is 1. The molecule has 2 aromatic heterocycles. The van der Waals surface area contributed by atoms with Gasteiger partial charge < -0.3 is 19.4 Å². The summed E-state index contributed by atoms with van der Waals surface area (Å²) < 4.78 is 12.3. The first kappa shape index (κ1) is 19.8.